The molecule has 2 aromatic carbocycles. The molecule has 162 valence electrons. The van der Waals surface area contributed by atoms with Crippen molar-refractivity contribution in [1.82, 2.24) is 9.80 Å². The van der Waals surface area contributed by atoms with Gasteiger partial charge in [0.25, 0.3) is 0 Å². The van der Waals surface area contributed by atoms with Crippen LogP contribution in [0.1, 0.15) is 58.4 Å². The lowest BCUT2D eigenvalue weighted by Crippen LogP contribution is -2.60. The number of fused-ring (bicyclic) bond motifs is 1. The van der Waals surface area contributed by atoms with Gasteiger partial charge in [-0.15, -0.1) is 0 Å². The van der Waals surface area contributed by atoms with Gasteiger partial charge in [0.15, 0.2) is 17.1 Å². The third-order valence-corrected chi connectivity index (χ3v) is 7.64. The zero-order chi connectivity index (χ0) is 21.4. The molecule has 2 fully saturated rings. The van der Waals surface area contributed by atoms with Gasteiger partial charge in [-0.25, -0.2) is 0 Å². The summed E-state index contributed by atoms with van der Waals surface area (Å²) in [5.41, 5.74) is 0.437. The summed E-state index contributed by atoms with van der Waals surface area (Å²) in [6, 6.07) is 14.5. The van der Waals surface area contributed by atoms with Crippen molar-refractivity contribution in [3.63, 3.8) is 0 Å². The Bertz CT molecular complexity index is 955. The smallest absolute Gasteiger partial charge is 0.196 e. The van der Waals surface area contributed by atoms with E-state index in [4.69, 9.17) is 11.6 Å². The maximum Gasteiger partial charge on any atom is 0.196 e. The van der Waals surface area contributed by atoms with Gasteiger partial charge < -0.3 is 4.90 Å². The highest BCUT2D eigenvalue weighted by molar-refractivity contribution is 6.34. The Hall–Kier alpha value is -2.01. The molecular formula is C26H29ClN2O2. The monoisotopic (exact) mass is 436 g/mol. The molecule has 1 heterocycles. The third kappa shape index (κ3) is 3.55. The van der Waals surface area contributed by atoms with E-state index in [1.807, 2.05) is 24.3 Å². The first-order valence-corrected chi connectivity index (χ1v) is 11.9. The van der Waals surface area contributed by atoms with Crippen LogP contribution in [0.4, 0.5) is 0 Å². The van der Waals surface area contributed by atoms with Gasteiger partial charge >= 0.3 is 0 Å². The van der Waals surface area contributed by atoms with E-state index in [0.29, 0.717) is 34.8 Å². The fourth-order valence-corrected chi connectivity index (χ4v) is 6.01. The Morgan fingerprint density at radius 3 is 2.10 bits per heavy atom. The van der Waals surface area contributed by atoms with Crippen LogP contribution in [0.15, 0.2) is 48.5 Å². The van der Waals surface area contributed by atoms with Crippen LogP contribution in [-0.2, 0) is 5.54 Å². The summed E-state index contributed by atoms with van der Waals surface area (Å²) >= 11 is 6.31. The molecule has 0 bridgehead atoms. The van der Waals surface area contributed by atoms with Crippen LogP contribution < -0.4 is 0 Å². The predicted molar refractivity (Wildman–Crippen MR) is 123 cm³/mol. The number of rotatable bonds is 4. The minimum absolute atomic E-state index is 0.115. The molecule has 0 radical (unpaired) electrons. The van der Waals surface area contributed by atoms with Gasteiger partial charge in [0.1, 0.15) is 0 Å². The summed E-state index contributed by atoms with van der Waals surface area (Å²) in [4.78, 5) is 32.3. The second-order valence-electron chi connectivity index (χ2n) is 9.22. The van der Waals surface area contributed by atoms with Crippen molar-refractivity contribution in [3.05, 3.63) is 70.2 Å². The summed E-state index contributed by atoms with van der Waals surface area (Å²) in [6.45, 7) is 4.31. The van der Waals surface area contributed by atoms with Gasteiger partial charge in [-0.1, -0.05) is 67.3 Å². The highest BCUT2D eigenvalue weighted by Gasteiger charge is 2.58. The average molecular weight is 437 g/mol. The van der Waals surface area contributed by atoms with Crippen molar-refractivity contribution < 1.29 is 9.59 Å². The Labute approximate surface area is 189 Å². The molecule has 0 N–H and O–H groups in total. The van der Waals surface area contributed by atoms with Crippen molar-refractivity contribution >= 4 is 23.2 Å². The molecule has 1 aliphatic heterocycles. The Morgan fingerprint density at radius 1 is 0.839 bits per heavy atom. The number of Topliss-reactive ketones (excluding diaryl/α,β-unsaturated/α-hetero) is 2. The molecular weight excluding hydrogens is 408 g/mol. The second kappa shape index (κ2) is 8.50. The lowest BCUT2D eigenvalue weighted by molar-refractivity contribution is 0.0256. The van der Waals surface area contributed by atoms with E-state index in [9.17, 15) is 9.59 Å². The van der Waals surface area contributed by atoms with Gasteiger partial charge in [0.05, 0.1) is 0 Å². The first-order valence-electron chi connectivity index (χ1n) is 11.5. The number of carbonyl (C=O) groups is 2. The summed E-state index contributed by atoms with van der Waals surface area (Å²) in [6.07, 6.45) is 6.74. The summed E-state index contributed by atoms with van der Waals surface area (Å²) in [7, 11) is 0. The highest BCUT2D eigenvalue weighted by Crippen LogP contribution is 2.43. The molecule has 0 unspecified atom stereocenters. The van der Waals surface area contributed by atoms with Crippen molar-refractivity contribution in [1.29, 1.82) is 0 Å². The van der Waals surface area contributed by atoms with E-state index in [1.165, 1.54) is 32.1 Å². The molecule has 5 rings (SSSR count). The standard InChI is InChI=1S/C26H29ClN2O2/c27-21-10-6-9-20(17-21)26(24(30)22-11-4-5-12-23(22)25(26)31)29-15-13-28(14-16-29)18-19-7-2-1-3-8-19/h4-6,9-12,17,19H,1-3,7-8,13-16,18H2. The summed E-state index contributed by atoms with van der Waals surface area (Å²) in [5.74, 6) is 0.563. The molecule has 3 aliphatic rings. The second-order valence-corrected chi connectivity index (χ2v) is 9.65. The van der Waals surface area contributed by atoms with E-state index in [1.54, 1.807) is 24.3 Å². The van der Waals surface area contributed by atoms with Crippen molar-refractivity contribution in [2.45, 2.75) is 37.6 Å². The number of ketones is 2. The van der Waals surface area contributed by atoms with Crippen molar-refractivity contribution in [2.75, 3.05) is 32.7 Å². The van der Waals surface area contributed by atoms with Gasteiger partial charge in [0, 0.05) is 48.9 Å². The molecule has 0 amide bonds. The van der Waals surface area contributed by atoms with Crippen molar-refractivity contribution in [2.24, 2.45) is 5.92 Å². The first-order chi connectivity index (χ1) is 15.1. The van der Waals surface area contributed by atoms with Crippen LogP contribution in [0.2, 0.25) is 5.02 Å². The minimum Gasteiger partial charge on any atom is -0.301 e. The van der Waals surface area contributed by atoms with Crippen LogP contribution in [0.25, 0.3) is 0 Å². The SMILES string of the molecule is O=C1c2ccccc2C(=O)C1(c1cccc(Cl)c1)N1CCN(CC2CCCCC2)CC1. The number of halogens is 1. The molecule has 1 saturated heterocycles. The molecule has 0 spiro atoms. The van der Waals surface area contributed by atoms with Gasteiger partial charge in [-0.3, -0.25) is 14.5 Å². The molecule has 2 aliphatic carbocycles. The fourth-order valence-electron chi connectivity index (χ4n) is 5.82. The van der Waals surface area contributed by atoms with Crippen LogP contribution >= 0.6 is 11.6 Å². The normalized spacial score (nSPS) is 22.6. The summed E-state index contributed by atoms with van der Waals surface area (Å²) < 4.78 is 0. The maximum absolute atomic E-state index is 13.8. The van der Waals surface area contributed by atoms with Gasteiger partial charge in [-0.2, -0.15) is 0 Å². The molecule has 2 aromatic rings. The maximum atomic E-state index is 13.8. The van der Waals surface area contributed by atoms with E-state index >= 15 is 0 Å². The fraction of sp³-hybridized carbons (Fsp3) is 0.462. The predicted octanol–water partition coefficient (Wildman–Crippen LogP) is 4.81. The Balaban J connectivity index is 1.45. The molecule has 5 heteroatoms. The molecule has 0 aromatic heterocycles. The quantitative estimate of drug-likeness (QED) is 0.645. The minimum atomic E-state index is -1.30. The number of nitrogens with zero attached hydrogens (tertiary/aromatic N) is 2. The lowest BCUT2D eigenvalue weighted by atomic mass is 9.82. The number of hydrogen-bond acceptors (Lipinski definition) is 4. The van der Waals surface area contributed by atoms with E-state index in [-0.39, 0.29) is 11.6 Å². The van der Waals surface area contributed by atoms with Crippen LogP contribution in [0, 0.1) is 5.92 Å². The Morgan fingerprint density at radius 2 is 1.48 bits per heavy atom. The van der Waals surface area contributed by atoms with E-state index in [2.05, 4.69) is 9.80 Å². The topological polar surface area (TPSA) is 40.6 Å². The molecule has 1 saturated carbocycles. The number of hydrogen-bond donors (Lipinski definition) is 0. The van der Waals surface area contributed by atoms with Crippen LogP contribution in [0.5, 0.6) is 0 Å². The number of piperazine rings is 1. The van der Waals surface area contributed by atoms with E-state index in [0.717, 1.165) is 25.6 Å². The highest BCUT2D eigenvalue weighted by atomic mass is 35.5. The average Bonchev–Trinajstić information content (AvgIpc) is 3.03. The molecule has 31 heavy (non-hydrogen) atoms. The van der Waals surface area contributed by atoms with Crippen LogP contribution in [0.3, 0.4) is 0 Å². The zero-order valence-electron chi connectivity index (χ0n) is 17.9. The largest absolute Gasteiger partial charge is 0.301 e. The molecule has 4 nitrogen and oxygen atoms in total. The van der Waals surface area contributed by atoms with E-state index < -0.39 is 5.54 Å². The lowest BCUT2D eigenvalue weighted by Gasteiger charge is -2.44. The van der Waals surface area contributed by atoms with Crippen LogP contribution in [-0.4, -0.2) is 54.1 Å². The Kier molecular flexibility index (Phi) is 5.72. The van der Waals surface area contributed by atoms with Gasteiger partial charge in [0.2, 0.25) is 0 Å². The number of carbonyl (C=O) groups excluding carboxylic acids is 2. The first kappa shape index (κ1) is 20.9. The summed E-state index contributed by atoms with van der Waals surface area (Å²) in [5, 5.41) is 0.546. The van der Waals surface area contributed by atoms with Gasteiger partial charge in [-0.05, 0) is 36.5 Å². The molecule has 0 atom stereocenters. The van der Waals surface area contributed by atoms with Crippen molar-refractivity contribution in [3.8, 4) is 0 Å². The zero-order valence-corrected chi connectivity index (χ0v) is 18.6. The number of benzene rings is 2. The third-order valence-electron chi connectivity index (χ3n) is 7.40.